The van der Waals surface area contributed by atoms with Crippen LogP contribution in [0, 0.1) is 6.92 Å². The zero-order valence-electron chi connectivity index (χ0n) is 14.3. The van der Waals surface area contributed by atoms with Gasteiger partial charge in [0.1, 0.15) is 0 Å². The van der Waals surface area contributed by atoms with E-state index in [0.717, 1.165) is 17.4 Å². The second-order valence-electron chi connectivity index (χ2n) is 5.73. The highest BCUT2D eigenvalue weighted by Gasteiger charge is 2.14. The third-order valence-electron chi connectivity index (χ3n) is 3.60. The number of esters is 1. The molecule has 2 aromatic carbocycles. The number of halogens is 1. The van der Waals surface area contributed by atoms with Gasteiger partial charge in [-0.2, -0.15) is 0 Å². The van der Waals surface area contributed by atoms with E-state index in [1.165, 1.54) is 18.2 Å². The Morgan fingerprint density at radius 3 is 2.50 bits per heavy atom. The van der Waals surface area contributed by atoms with Crippen molar-refractivity contribution in [2.75, 3.05) is 18.2 Å². The van der Waals surface area contributed by atoms with Gasteiger partial charge >= 0.3 is 5.97 Å². The number of anilines is 1. The first-order valence-electron chi connectivity index (χ1n) is 7.66. The molecule has 0 radical (unpaired) electrons. The molecule has 0 aromatic heterocycles. The summed E-state index contributed by atoms with van der Waals surface area (Å²) < 4.78 is 28.1. The molecule has 0 aliphatic heterocycles. The smallest absolute Gasteiger partial charge is 0.310 e. The molecule has 1 amide bonds. The summed E-state index contributed by atoms with van der Waals surface area (Å²) >= 11 is 5.96. The van der Waals surface area contributed by atoms with Gasteiger partial charge < -0.3 is 10.1 Å². The first kappa shape index (κ1) is 19.9. The molecule has 2 aromatic rings. The van der Waals surface area contributed by atoms with E-state index in [-0.39, 0.29) is 22.0 Å². The Morgan fingerprint density at radius 1 is 1.15 bits per heavy atom. The fraction of sp³-hybridized carbons (Fsp3) is 0.222. The number of sulfone groups is 1. The Labute approximate surface area is 157 Å². The quantitative estimate of drug-likeness (QED) is 0.759. The van der Waals surface area contributed by atoms with Crippen LogP contribution in [0.25, 0.3) is 0 Å². The van der Waals surface area contributed by atoms with Gasteiger partial charge in [0.2, 0.25) is 0 Å². The van der Waals surface area contributed by atoms with Gasteiger partial charge in [0.15, 0.2) is 16.4 Å². The Hall–Kier alpha value is -2.38. The van der Waals surface area contributed by atoms with Gasteiger partial charge in [-0.3, -0.25) is 9.59 Å². The van der Waals surface area contributed by atoms with Crippen molar-refractivity contribution >= 4 is 39.0 Å². The van der Waals surface area contributed by atoms with Gasteiger partial charge in [-0.05, 0) is 36.2 Å². The third kappa shape index (κ3) is 5.57. The van der Waals surface area contributed by atoms with Crippen LogP contribution in [0.3, 0.4) is 0 Å². The van der Waals surface area contributed by atoms with Gasteiger partial charge in [-0.25, -0.2) is 8.42 Å². The molecule has 0 atom stereocenters. The predicted octanol–water partition coefficient (Wildman–Crippen LogP) is 2.78. The maximum Gasteiger partial charge on any atom is 0.310 e. The number of hydrogen-bond donors (Lipinski definition) is 1. The largest absolute Gasteiger partial charge is 0.455 e. The summed E-state index contributed by atoms with van der Waals surface area (Å²) in [5, 5.41) is 2.62. The number of hydrogen-bond acceptors (Lipinski definition) is 5. The van der Waals surface area contributed by atoms with Crippen LogP contribution in [-0.4, -0.2) is 33.2 Å². The molecule has 8 heteroatoms. The van der Waals surface area contributed by atoms with Crippen LogP contribution < -0.4 is 5.32 Å². The summed E-state index contributed by atoms with van der Waals surface area (Å²) in [4.78, 5) is 23.8. The summed E-state index contributed by atoms with van der Waals surface area (Å²) in [7, 11) is -3.44. The highest BCUT2D eigenvalue weighted by molar-refractivity contribution is 7.90. The summed E-state index contributed by atoms with van der Waals surface area (Å²) in [6.45, 7) is 1.39. The zero-order chi connectivity index (χ0) is 19.3. The summed E-state index contributed by atoms with van der Waals surface area (Å²) in [6.07, 6.45) is 1.11. The number of amides is 1. The normalized spacial score (nSPS) is 11.0. The van der Waals surface area contributed by atoms with Crippen molar-refractivity contribution in [3.63, 3.8) is 0 Å². The Morgan fingerprint density at radius 2 is 1.85 bits per heavy atom. The van der Waals surface area contributed by atoms with Gasteiger partial charge in [-0.1, -0.05) is 35.9 Å². The average molecular weight is 396 g/mol. The third-order valence-corrected chi connectivity index (χ3v) is 5.04. The zero-order valence-corrected chi connectivity index (χ0v) is 15.9. The van der Waals surface area contributed by atoms with E-state index in [1.807, 2.05) is 31.2 Å². The van der Waals surface area contributed by atoms with Crippen molar-refractivity contribution in [3.05, 3.63) is 58.6 Å². The number of carbonyl (C=O) groups is 2. The van der Waals surface area contributed by atoms with Crippen molar-refractivity contribution < 1.29 is 22.7 Å². The second-order valence-corrected chi connectivity index (χ2v) is 8.15. The molecule has 0 bridgehead atoms. The van der Waals surface area contributed by atoms with E-state index in [4.69, 9.17) is 16.3 Å². The molecule has 0 unspecified atom stereocenters. The molecule has 26 heavy (non-hydrogen) atoms. The lowest BCUT2D eigenvalue weighted by Crippen LogP contribution is -2.22. The van der Waals surface area contributed by atoms with Crippen molar-refractivity contribution in [1.82, 2.24) is 0 Å². The molecule has 0 saturated heterocycles. The van der Waals surface area contributed by atoms with Crippen LogP contribution in [0.5, 0.6) is 0 Å². The molecular weight excluding hydrogens is 378 g/mol. The minimum Gasteiger partial charge on any atom is -0.455 e. The molecule has 0 aliphatic rings. The fourth-order valence-corrected chi connectivity index (χ4v) is 2.99. The van der Waals surface area contributed by atoms with Crippen LogP contribution >= 0.6 is 11.6 Å². The van der Waals surface area contributed by atoms with E-state index in [1.54, 1.807) is 0 Å². The fourth-order valence-electron chi connectivity index (χ4n) is 2.18. The van der Waals surface area contributed by atoms with E-state index in [0.29, 0.717) is 0 Å². The van der Waals surface area contributed by atoms with Gasteiger partial charge in [0.05, 0.1) is 22.0 Å². The van der Waals surface area contributed by atoms with E-state index in [9.17, 15) is 18.0 Å². The standard InChI is InChI=1S/C18H18ClNO5S/c1-12-5-3-4-6-13(12)9-18(22)25-11-17(21)20-16-10-14(26(2,23)24)7-8-15(16)19/h3-8,10H,9,11H2,1-2H3,(H,20,21). The van der Waals surface area contributed by atoms with Crippen molar-refractivity contribution in [1.29, 1.82) is 0 Å². The first-order chi connectivity index (χ1) is 12.2. The lowest BCUT2D eigenvalue weighted by molar-refractivity contribution is -0.146. The number of ether oxygens (including phenoxy) is 1. The molecule has 0 saturated carbocycles. The topological polar surface area (TPSA) is 89.5 Å². The van der Waals surface area contributed by atoms with Crippen molar-refractivity contribution in [3.8, 4) is 0 Å². The van der Waals surface area contributed by atoms with E-state index in [2.05, 4.69) is 5.32 Å². The molecule has 0 fully saturated rings. The van der Waals surface area contributed by atoms with Crippen molar-refractivity contribution in [2.45, 2.75) is 18.2 Å². The highest BCUT2D eigenvalue weighted by Crippen LogP contribution is 2.25. The number of carbonyl (C=O) groups excluding carboxylic acids is 2. The molecule has 2 rings (SSSR count). The lowest BCUT2D eigenvalue weighted by atomic mass is 10.1. The van der Waals surface area contributed by atoms with Crippen LogP contribution in [0.2, 0.25) is 5.02 Å². The van der Waals surface area contributed by atoms with E-state index >= 15 is 0 Å². The minimum atomic E-state index is -3.44. The first-order valence-corrected chi connectivity index (χ1v) is 9.93. The van der Waals surface area contributed by atoms with Gasteiger partial charge in [-0.15, -0.1) is 0 Å². The summed E-state index contributed by atoms with van der Waals surface area (Å²) in [5.74, 6) is -1.15. The molecule has 0 spiro atoms. The van der Waals surface area contributed by atoms with Gasteiger partial charge in [0.25, 0.3) is 5.91 Å². The monoisotopic (exact) mass is 395 g/mol. The second kappa shape index (κ2) is 8.33. The molecule has 138 valence electrons. The number of benzene rings is 2. The summed E-state index contributed by atoms with van der Waals surface area (Å²) in [6, 6.07) is 11.3. The van der Waals surface area contributed by atoms with Crippen LogP contribution in [-0.2, 0) is 30.6 Å². The van der Waals surface area contributed by atoms with Crippen LogP contribution in [0.4, 0.5) is 5.69 Å². The Bertz CT molecular complexity index is 940. The minimum absolute atomic E-state index is 0.0220. The number of rotatable bonds is 6. The molecule has 0 heterocycles. The van der Waals surface area contributed by atoms with E-state index < -0.39 is 28.3 Å². The lowest BCUT2D eigenvalue weighted by Gasteiger charge is -2.10. The molecule has 0 aliphatic carbocycles. The van der Waals surface area contributed by atoms with Crippen molar-refractivity contribution in [2.24, 2.45) is 0 Å². The number of aryl methyl sites for hydroxylation is 1. The maximum absolute atomic E-state index is 12.0. The van der Waals surface area contributed by atoms with Crippen LogP contribution in [0.1, 0.15) is 11.1 Å². The Kier molecular flexibility index (Phi) is 6.39. The highest BCUT2D eigenvalue weighted by atomic mass is 35.5. The average Bonchev–Trinajstić information content (AvgIpc) is 2.56. The Balaban J connectivity index is 1.95. The predicted molar refractivity (Wildman–Crippen MR) is 99.0 cm³/mol. The summed E-state index contributed by atoms with van der Waals surface area (Å²) in [5.41, 5.74) is 1.91. The molecular formula is C18H18ClNO5S. The molecule has 6 nitrogen and oxygen atoms in total. The number of nitrogens with one attached hydrogen (secondary N) is 1. The maximum atomic E-state index is 12.0. The molecule has 1 N–H and O–H groups in total. The van der Waals surface area contributed by atoms with Crippen LogP contribution in [0.15, 0.2) is 47.4 Å². The SMILES string of the molecule is Cc1ccccc1CC(=O)OCC(=O)Nc1cc(S(C)(=O)=O)ccc1Cl. The van der Waals surface area contributed by atoms with Gasteiger partial charge in [0, 0.05) is 6.26 Å².